The van der Waals surface area contributed by atoms with Crippen LogP contribution in [0.2, 0.25) is 0 Å². The van der Waals surface area contributed by atoms with E-state index in [9.17, 15) is 17.2 Å². The Morgan fingerprint density at radius 2 is 1.76 bits per heavy atom. The first-order valence-electron chi connectivity index (χ1n) is 10.9. The molecule has 4 aromatic rings. The second-order valence-corrected chi connectivity index (χ2v) is 11.8. The van der Waals surface area contributed by atoms with Crippen molar-refractivity contribution in [2.45, 2.75) is 42.5 Å². The Labute approximate surface area is 199 Å². The maximum absolute atomic E-state index is 14.0. The van der Waals surface area contributed by atoms with E-state index in [1.807, 2.05) is 36.4 Å². The minimum atomic E-state index is -3.43. The Hall–Kier alpha value is -2.32. The van der Waals surface area contributed by atoms with Crippen LogP contribution in [0.15, 0.2) is 70.2 Å². The number of alkyl halides is 2. The molecule has 1 fully saturated rings. The first-order chi connectivity index (χ1) is 15.6. The van der Waals surface area contributed by atoms with Gasteiger partial charge in [0.1, 0.15) is 0 Å². The summed E-state index contributed by atoms with van der Waals surface area (Å²) >= 11 is 3.52. The number of fused-ring (bicyclic) bond motifs is 3. The molecule has 1 aliphatic carbocycles. The second kappa shape index (κ2) is 8.17. The molecule has 0 aliphatic heterocycles. The molecule has 1 unspecified atom stereocenters. The standard InChI is InChI=1S/C25H23BrF2N2O2S/c1-33(31,32)19-7-8-20-21(14-19)30(22-13-18(26)15-29-23(20)22)24(16-5-3-2-4-6-16)17-9-11-25(27,28)12-10-17/h2-8,13-15,17,24H,9-12H2,1H3. The van der Waals surface area contributed by atoms with Gasteiger partial charge in [0.25, 0.3) is 0 Å². The zero-order valence-electron chi connectivity index (χ0n) is 18.0. The molecule has 2 aromatic carbocycles. The first-order valence-corrected chi connectivity index (χ1v) is 13.5. The average molecular weight is 533 g/mol. The summed E-state index contributed by atoms with van der Waals surface area (Å²) in [5.41, 5.74) is 3.35. The van der Waals surface area contributed by atoms with Gasteiger partial charge in [0.05, 0.1) is 27.5 Å². The van der Waals surface area contributed by atoms with Crippen LogP contribution in [0.3, 0.4) is 0 Å². The molecule has 2 heterocycles. The molecule has 33 heavy (non-hydrogen) atoms. The van der Waals surface area contributed by atoms with Crippen LogP contribution in [0.1, 0.15) is 37.3 Å². The molecule has 1 aliphatic rings. The highest BCUT2D eigenvalue weighted by molar-refractivity contribution is 9.10. The van der Waals surface area contributed by atoms with E-state index in [0.29, 0.717) is 12.8 Å². The lowest BCUT2D eigenvalue weighted by Crippen LogP contribution is -2.30. The van der Waals surface area contributed by atoms with Gasteiger partial charge in [-0.2, -0.15) is 0 Å². The van der Waals surface area contributed by atoms with Gasteiger partial charge >= 0.3 is 0 Å². The summed E-state index contributed by atoms with van der Waals surface area (Å²) in [6, 6.07) is 16.7. The molecule has 2 aromatic heterocycles. The van der Waals surface area contributed by atoms with Gasteiger partial charge in [-0.25, -0.2) is 17.2 Å². The third-order valence-electron chi connectivity index (χ3n) is 6.63. The van der Waals surface area contributed by atoms with Crippen molar-refractivity contribution >= 4 is 47.7 Å². The third-order valence-corrected chi connectivity index (χ3v) is 8.18. The minimum Gasteiger partial charge on any atom is -0.331 e. The Bertz CT molecular complexity index is 1440. The lowest BCUT2D eigenvalue weighted by atomic mass is 9.79. The van der Waals surface area contributed by atoms with Crippen LogP contribution < -0.4 is 0 Å². The lowest BCUT2D eigenvalue weighted by molar-refractivity contribution is -0.0493. The second-order valence-electron chi connectivity index (χ2n) is 8.89. The summed E-state index contributed by atoms with van der Waals surface area (Å²) in [4.78, 5) is 4.85. The minimum absolute atomic E-state index is 0.0216. The zero-order chi connectivity index (χ0) is 23.4. The van der Waals surface area contributed by atoms with E-state index < -0.39 is 15.8 Å². The monoisotopic (exact) mass is 532 g/mol. The van der Waals surface area contributed by atoms with E-state index in [2.05, 4.69) is 25.5 Å². The van der Waals surface area contributed by atoms with Crippen LogP contribution >= 0.6 is 15.9 Å². The summed E-state index contributed by atoms with van der Waals surface area (Å²) in [7, 11) is -3.43. The zero-order valence-corrected chi connectivity index (χ0v) is 20.4. The van der Waals surface area contributed by atoms with Crippen molar-refractivity contribution in [3.8, 4) is 0 Å². The Morgan fingerprint density at radius 3 is 2.42 bits per heavy atom. The van der Waals surface area contributed by atoms with Crippen molar-refractivity contribution in [2.75, 3.05) is 6.26 Å². The van der Waals surface area contributed by atoms with Crippen LogP contribution in [-0.2, 0) is 9.84 Å². The summed E-state index contributed by atoms with van der Waals surface area (Å²) in [5.74, 6) is -2.65. The Kier molecular flexibility index (Phi) is 5.56. The molecule has 5 rings (SSSR count). The van der Waals surface area contributed by atoms with Gasteiger partial charge in [0, 0.05) is 35.2 Å². The molecule has 1 atom stereocenters. The summed E-state index contributed by atoms with van der Waals surface area (Å²) < 4.78 is 55.7. The molecular formula is C25H23BrF2N2O2S. The number of hydrogen-bond donors (Lipinski definition) is 0. The van der Waals surface area contributed by atoms with Gasteiger partial charge < -0.3 is 4.57 Å². The molecule has 0 bridgehead atoms. The smallest absolute Gasteiger partial charge is 0.248 e. The van der Waals surface area contributed by atoms with Gasteiger partial charge in [-0.1, -0.05) is 30.3 Å². The highest BCUT2D eigenvalue weighted by Gasteiger charge is 2.39. The van der Waals surface area contributed by atoms with Crippen molar-refractivity contribution < 1.29 is 17.2 Å². The fourth-order valence-electron chi connectivity index (χ4n) is 5.05. The number of benzene rings is 2. The van der Waals surface area contributed by atoms with Crippen LogP contribution in [0.25, 0.3) is 21.9 Å². The van der Waals surface area contributed by atoms with Crippen molar-refractivity contribution in [3.05, 3.63) is 70.8 Å². The molecule has 0 amide bonds. The third kappa shape index (κ3) is 4.19. The first kappa shape index (κ1) is 22.5. The van der Waals surface area contributed by atoms with E-state index in [1.54, 1.807) is 24.4 Å². The average Bonchev–Trinajstić information content (AvgIpc) is 3.08. The van der Waals surface area contributed by atoms with E-state index in [-0.39, 0.29) is 29.7 Å². The highest BCUT2D eigenvalue weighted by atomic mass is 79.9. The van der Waals surface area contributed by atoms with Gasteiger partial charge in [-0.3, -0.25) is 4.98 Å². The van der Waals surface area contributed by atoms with Crippen LogP contribution in [0.5, 0.6) is 0 Å². The fourth-order valence-corrected chi connectivity index (χ4v) is 6.01. The maximum Gasteiger partial charge on any atom is 0.248 e. The SMILES string of the molecule is CS(=O)(=O)c1ccc2c3ncc(Br)cc3n(C(c3ccccc3)C3CCC(F)(F)CC3)c2c1. The normalized spacial score (nSPS) is 18.1. The number of nitrogens with zero attached hydrogens (tertiary/aromatic N) is 2. The van der Waals surface area contributed by atoms with Gasteiger partial charge in [0.2, 0.25) is 5.92 Å². The number of aromatic nitrogens is 2. The van der Waals surface area contributed by atoms with Crippen molar-refractivity contribution in [3.63, 3.8) is 0 Å². The maximum atomic E-state index is 14.0. The highest BCUT2D eigenvalue weighted by Crippen LogP contribution is 2.46. The Morgan fingerprint density at radius 1 is 1.06 bits per heavy atom. The lowest BCUT2D eigenvalue weighted by Gasteiger charge is -2.35. The number of pyridine rings is 1. The molecule has 0 N–H and O–H groups in total. The quantitative estimate of drug-likeness (QED) is 0.291. The predicted octanol–water partition coefficient (Wildman–Crippen LogP) is 6.77. The number of halogens is 3. The largest absolute Gasteiger partial charge is 0.331 e. The van der Waals surface area contributed by atoms with Crippen LogP contribution in [0, 0.1) is 5.92 Å². The van der Waals surface area contributed by atoms with Crippen molar-refractivity contribution in [2.24, 2.45) is 5.92 Å². The molecule has 0 spiro atoms. The molecular weight excluding hydrogens is 510 g/mol. The molecule has 4 nitrogen and oxygen atoms in total. The molecule has 8 heteroatoms. The van der Waals surface area contributed by atoms with Crippen LogP contribution in [-0.4, -0.2) is 30.1 Å². The molecule has 1 saturated carbocycles. The molecule has 172 valence electrons. The van der Waals surface area contributed by atoms with E-state index in [4.69, 9.17) is 0 Å². The number of rotatable bonds is 4. The topological polar surface area (TPSA) is 52.0 Å². The Balaban J connectivity index is 1.82. The molecule has 0 radical (unpaired) electrons. The molecule has 0 saturated heterocycles. The van der Waals surface area contributed by atoms with E-state index >= 15 is 0 Å². The fraction of sp³-hybridized carbons (Fsp3) is 0.320. The summed E-state index contributed by atoms with van der Waals surface area (Å²) in [5, 5.41) is 0.840. The van der Waals surface area contributed by atoms with Gasteiger partial charge in [-0.15, -0.1) is 0 Å². The van der Waals surface area contributed by atoms with Crippen LogP contribution in [0.4, 0.5) is 8.78 Å². The van der Waals surface area contributed by atoms with Gasteiger partial charge in [0.15, 0.2) is 9.84 Å². The van der Waals surface area contributed by atoms with Crippen molar-refractivity contribution in [1.29, 1.82) is 0 Å². The van der Waals surface area contributed by atoms with E-state index in [0.717, 1.165) is 32.0 Å². The number of sulfone groups is 1. The number of hydrogen-bond acceptors (Lipinski definition) is 3. The predicted molar refractivity (Wildman–Crippen MR) is 130 cm³/mol. The summed E-state index contributed by atoms with van der Waals surface area (Å²) in [6.45, 7) is 0. The van der Waals surface area contributed by atoms with E-state index in [1.165, 1.54) is 6.26 Å². The summed E-state index contributed by atoms with van der Waals surface area (Å²) in [6.07, 6.45) is 3.40. The van der Waals surface area contributed by atoms with Crippen molar-refractivity contribution in [1.82, 2.24) is 9.55 Å². The van der Waals surface area contributed by atoms with Gasteiger partial charge in [-0.05, 0) is 64.5 Å².